The van der Waals surface area contributed by atoms with Gasteiger partial charge in [0.25, 0.3) is 0 Å². The van der Waals surface area contributed by atoms with E-state index in [1.165, 1.54) is 18.4 Å². The fraction of sp³-hybridized carbons (Fsp3) is 0.478. The summed E-state index contributed by atoms with van der Waals surface area (Å²) in [7, 11) is 0. The molecule has 1 aliphatic carbocycles. The first-order valence-corrected chi connectivity index (χ1v) is 10.7. The predicted octanol–water partition coefficient (Wildman–Crippen LogP) is 3.08. The van der Waals surface area contributed by atoms with E-state index >= 15 is 0 Å². The van der Waals surface area contributed by atoms with Gasteiger partial charge in [-0.3, -0.25) is 0 Å². The summed E-state index contributed by atoms with van der Waals surface area (Å²) in [5.74, 6) is 1.69. The van der Waals surface area contributed by atoms with E-state index in [0.717, 1.165) is 11.1 Å². The second kappa shape index (κ2) is 8.02. The molecule has 2 heterocycles. The highest BCUT2D eigenvalue weighted by molar-refractivity contribution is 6.33. The number of rotatable bonds is 5. The van der Waals surface area contributed by atoms with Crippen LogP contribution < -0.4 is 9.47 Å². The lowest BCUT2D eigenvalue weighted by atomic mass is 9.91. The van der Waals surface area contributed by atoms with Crippen molar-refractivity contribution in [1.29, 1.82) is 0 Å². The SMILES string of the molecule is OCC1OC(c2cc(Cc3ccc(C4CC4)cc3)c(Cl)c3c2OCO3)CC(O)[C@@H]1O. The lowest BCUT2D eigenvalue weighted by Crippen LogP contribution is -2.47. The third-order valence-electron chi connectivity index (χ3n) is 6.21. The Balaban J connectivity index is 1.47. The molecule has 1 saturated carbocycles. The lowest BCUT2D eigenvalue weighted by Gasteiger charge is -2.37. The van der Waals surface area contributed by atoms with Crippen LogP contribution in [0.25, 0.3) is 0 Å². The fourth-order valence-corrected chi connectivity index (χ4v) is 4.60. The summed E-state index contributed by atoms with van der Waals surface area (Å²) < 4.78 is 17.2. The Bertz CT molecular complexity index is 926. The number of aliphatic hydroxyl groups is 3. The van der Waals surface area contributed by atoms with Gasteiger partial charge < -0.3 is 29.5 Å². The first-order valence-electron chi connectivity index (χ1n) is 10.4. The molecule has 0 aromatic heterocycles. The van der Waals surface area contributed by atoms with E-state index < -0.39 is 24.4 Å². The summed E-state index contributed by atoms with van der Waals surface area (Å²) in [5, 5.41) is 30.3. The topological polar surface area (TPSA) is 88.4 Å². The van der Waals surface area contributed by atoms with Gasteiger partial charge in [-0.1, -0.05) is 35.9 Å². The Labute approximate surface area is 180 Å². The number of hydrogen-bond donors (Lipinski definition) is 3. The average molecular weight is 433 g/mol. The van der Waals surface area contributed by atoms with Crippen LogP contribution in [0.15, 0.2) is 30.3 Å². The first-order chi connectivity index (χ1) is 14.5. The molecule has 0 bridgehead atoms. The molecule has 2 aromatic rings. The van der Waals surface area contributed by atoms with Crippen LogP contribution in [0.2, 0.25) is 5.02 Å². The van der Waals surface area contributed by atoms with Gasteiger partial charge in [-0.2, -0.15) is 0 Å². The summed E-state index contributed by atoms with van der Waals surface area (Å²) >= 11 is 6.64. The Morgan fingerprint density at radius 2 is 1.77 bits per heavy atom. The summed E-state index contributed by atoms with van der Waals surface area (Å²) in [6.45, 7) is -0.328. The van der Waals surface area contributed by atoms with Crippen LogP contribution in [0.1, 0.15) is 53.5 Å². The largest absolute Gasteiger partial charge is 0.453 e. The van der Waals surface area contributed by atoms with E-state index in [-0.39, 0.29) is 19.8 Å². The van der Waals surface area contributed by atoms with Crippen LogP contribution in [0.4, 0.5) is 0 Å². The van der Waals surface area contributed by atoms with Crippen LogP contribution in [-0.4, -0.2) is 47.0 Å². The van der Waals surface area contributed by atoms with E-state index in [9.17, 15) is 15.3 Å². The molecule has 2 aromatic carbocycles. The van der Waals surface area contributed by atoms with Crippen LogP contribution in [0.3, 0.4) is 0 Å². The maximum atomic E-state index is 10.3. The third kappa shape index (κ3) is 3.67. The standard InChI is InChI=1S/C23H25ClO6/c24-20-15(7-12-1-3-13(4-2-12)14-5-6-14)8-16(22-23(20)29-11-28-22)18-9-17(26)21(27)19(10-25)30-18/h1-4,8,14,17-19,21,25-27H,5-7,9-11H2/t17?,18?,19?,21-/m0/s1. The molecule has 0 spiro atoms. The predicted molar refractivity (Wildman–Crippen MR) is 110 cm³/mol. The molecule has 4 atom stereocenters. The molecule has 0 amide bonds. The van der Waals surface area contributed by atoms with Gasteiger partial charge in [-0.15, -0.1) is 0 Å². The summed E-state index contributed by atoms with van der Waals surface area (Å²) in [6.07, 6.45) is -0.211. The number of fused-ring (bicyclic) bond motifs is 1. The van der Waals surface area contributed by atoms with Gasteiger partial charge >= 0.3 is 0 Å². The molecular formula is C23H25ClO6. The van der Waals surface area contributed by atoms with Gasteiger partial charge in [0.05, 0.1) is 23.8 Å². The summed E-state index contributed by atoms with van der Waals surface area (Å²) in [4.78, 5) is 0. The zero-order valence-corrected chi connectivity index (χ0v) is 17.2. The molecule has 7 heteroatoms. The maximum absolute atomic E-state index is 10.3. The lowest BCUT2D eigenvalue weighted by molar-refractivity contribution is -0.181. The van der Waals surface area contributed by atoms with E-state index in [1.54, 1.807) is 0 Å². The van der Waals surface area contributed by atoms with Crippen molar-refractivity contribution in [3.8, 4) is 11.5 Å². The van der Waals surface area contributed by atoms with Crippen molar-refractivity contribution in [2.45, 2.75) is 56.0 Å². The number of aliphatic hydroxyl groups excluding tert-OH is 3. The molecule has 6 nitrogen and oxygen atoms in total. The van der Waals surface area contributed by atoms with Crippen molar-refractivity contribution >= 4 is 11.6 Å². The molecule has 0 radical (unpaired) electrons. The van der Waals surface area contributed by atoms with Crippen molar-refractivity contribution in [2.24, 2.45) is 0 Å². The smallest absolute Gasteiger partial charge is 0.231 e. The molecule has 30 heavy (non-hydrogen) atoms. The van der Waals surface area contributed by atoms with Gasteiger partial charge in [-0.25, -0.2) is 0 Å². The zero-order valence-electron chi connectivity index (χ0n) is 16.5. The minimum absolute atomic E-state index is 0.0585. The van der Waals surface area contributed by atoms with Crippen LogP contribution in [0, 0.1) is 0 Å². The second-order valence-corrected chi connectivity index (χ2v) is 8.71. The quantitative estimate of drug-likeness (QED) is 0.673. The average Bonchev–Trinajstić information content (AvgIpc) is 3.48. The first kappa shape index (κ1) is 20.1. The van der Waals surface area contributed by atoms with Crippen LogP contribution in [0.5, 0.6) is 11.5 Å². The van der Waals surface area contributed by atoms with E-state index in [0.29, 0.717) is 34.4 Å². The molecule has 3 N–H and O–H groups in total. The van der Waals surface area contributed by atoms with Crippen molar-refractivity contribution in [3.63, 3.8) is 0 Å². The molecule has 1 saturated heterocycles. The monoisotopic (exact) mass is 432 g/mol. The van der Waals surface area contributed by atoms with Crippen molar-refractivity contribution < 1.29 is 29.5 Å². The third-order valence-corrected chi connectivity index (χ3v) is 6.62. The minimum atomic E-state index is -1.13. The van der Waals surface area contributed by atoms with Gasteiger partial charge in [0.15, 0.2) is 11.5 Å². The highest BCUT2D eigenvalue weighted by Crippen LogP contribution is 2.49. The Hall–Kier alpha value is -1.83. The van der Waals surface area contributed by atoms with E-state index in [4.69, 9.17) is 25.8 Å². The molecule has 3 unspecified atom stereocenters. The van der Waals surface area contributed by atoms with Crippen LogP contribution in [-0.2, 0) is 11.2 Å². The molecule has 5 rings (SSSR count). The van der Waals surface area contributed by atoms with Crippen molar-refractivity contribution in [3.05, 3.63) is 57.6 Å². The Morgan fingerprint density at radius 1 is 1.03 bits per heavy atom. The molecule has 2 fully saturated rings. The molecule has 2 aliphatic heterocycles. The number of halogens is 1. The molecule has 3 aliphatic rings. The van der Waals surface area contributed by atoms with Gasteiger partial charge in [0.1, 0.15) is 12.2 Å². The highest BCUT2D eigenvalue weighted by Gasteiger charge is 2.39. The number of hydrogen-bond acceptors (Lipinski definition) is 6. The fourth-order valence-electron chi connectivity index (χ4n) is 4.34. The van der Waals surface area contributed by atoms with Gasteiger partial charge in [-0.05, 0) is 47.9 Å². The molecule has 160 valence electrons. The van der Waals surface area contributed by atoms with Gasteiger partial charge in [0, 0.05) is 12.0 Å². The summed E-state index contributed by atoms with van der Waals surface area (Å²) in [5.41, 5.74) is 4.11. The van der Waals surface area contributed by atoms with E-state index in [2.05, 4.69) is 24.3 Å². The Kier molecular flexibility index (Phi) is 5.37. The normalized spacial score (nSPS) is 28.0. The second-order valence-electron chi connectivity index (χ2n) is 8.34. The van der Waals surface area contributed by atoms with Gasteiger partial charge in [0.2, 0.25) is 6.79 Å². The van der Waals surface area contributed by atoms with Crippen molar-refractivity contribution in [1.82, 2.24) is 0 Å². The highest BCUT2D eigenvalue weighted by atomic mass is 35.5. The molecular weight excluding hydrogens is 408 g/mol. The van der Waals surface area contributed by atoms with Crippen LogP contribution >= 0.6 is 11.6 Å². The van der Waals surface area contributed by atoms with E-state index in [1.807, 2.05) is 6.07 Å². The maximum Gasteiger partial charge on any atom is 0.231 e. The summed E-state index contributed by atoms with van der Waals surface area (Å²) in [6, 6.07) is 10.6. The van der Waals surface area contributed by atoms with Crippen molar-refractivity contribution in [2.75, 3.05) is 13.4 Å². The zero-order chi connectivity index (χ0) is 20.8. The number of benzene rings is 2. The Morgan fingerprint density at radius 3 is 2.47 bits per heavy atom. The minimum Gasteiger partial charge on any atom is -0.453 e. The number of ether oxygens (including phenoxy) is 3.